The summed E-state index contributed by atoms with van der Waals surface area (Å²) in [5.41, 5.74) is 5.35. The zero-order valence-electron chi connectivity index (χ0n) is 32.4. The maximum absolute atomic E-state index is 13.9. The number of fused-ring (bicyclic) bond motifs is 1. The number of nitrogens with zero attached hydrogens (tertiary/aromatic N) is 5. The van der Waals surface area contributed by atoms with Gasteiger partial charge in [0.05, 0.1) is 33.0 Å². The fourth-order valence-electron chi connectivity index (χ4n) is 7.06. The van der Waals surface area contributed by atoms with E-state index in [1.165, 1.54) is 101 Å². The summed E-state index contributed by atoms with van der Waals surface area (Å²) < 4.78 is 32.6. The number of aromatic nitrogens is 2. The van der Waals surface area contributed by atoms with Gasteiger partial charge in [0.2, 0.25) is 0 Å². The number of anilines is 2. The number of aromatic amines is 1. The summed E-state index contributed by atoms with van der Waals surface area (Å²) in [6.45, 7) is 8.37. The normalized spacial score (nSPS) is 14.1. The summed E-state index contributed by atoms with van der Waals surface area (Å²) in [4.78, 5) is 28.5. The number of benzene rings is 3. The maximum Gasteiger partial charge on any atom is 0.299 e. The molecule has 0 saturated heterocycles. The molecule has 290 valence electrons. The minimum Gasteiger partial charge on any atom is -0.372 e. The standard InChI is InChI=1S/C43H58N6O4S/c1-4-7-8-9-10-11-12-13-14-15-16-17-18-19-20-21-39-41(44-34-24-28-35(29-25-34)48(5-2)6-3)43(50)49(47-39)36-26-22-33(23-27-36)42-45-38-31-30-37(54(51,52)53)32-40(38)46-42/h22-32H,4-21H2,1-3H3,(H,45,46)(H,51,52,53). The van der Waals surface area contributed by atoms with Gasteiger partial charge in [-0.25, -0.2) is 9.98 Å². The van der Waals surface area contributed by atoms with E-state index in [0.717, 1.165) is 42.9 Å². The van der Waals surface area contributed by atoms with E-state index >= 15 is 0 Å². The number of hydrogen-bond donors (Lipinski definition) is 2. The Kier molecular flexibility index (Phi) is 15.4. The molecule has 1 aromatic heterocycles. The Morgan fingerprint density at radius 3 is 1.87 bits per heavy atom. The number of H-pyrrole nitrogens is 1. The molecule has 0 saturated carbocycles. The summed E-state index contributed by atoms with van der Waals surface area (Å²) in [5.74, 6) is 0.276. The van der Waals surface area contributed by atoms with E-state index in [9.17, 15) is 17.8 Å². The van der Waals surface area contributed by atoms with Gasteiger partial charge < -0.3 is 9.88 Å². The first-order valence-electron chi connectivity index (χ1n) is 20.2. The number of amides is 1. The lowest BCUT2D eigenvalue weighted by atomic mass is 10.0. The average molecular weight is 755 g/mol. The number of hydrazone groups is 1. The molecular weight excluding hydrogens is 697 g/mol. The number of nitrogens with one attached hydrogen (secondary N) is 1. The molecule has 2 heterocycles. The first-order valence-corrected chi connectivity index (χ1v) is 21.6. The monoisotopic (exact) mass is 754 g/mol. The predicted octanol–water partition coefficient (Wildman–Crippen LogP) is 11.1. The molecule has 0 radical (unpaired) electrons. The minimum absolute atomic E-state index is 0.205. The number of rotatable bonds is 23. The second kappa shape index (κ2) is 20.4. The Balaban J connectivity index is 1.20. The number of unbranched alkanes of at least 4 members (excludes halogenated alkanes) is 14. The van der Waals surface area contributed by atoms with Crippen LogP contribution in [0.15, 0.2) is 81.7 Å². The van der Waals surface area contributed by atoms with Crippen LogP contribution in [0.1, 0.15) is 124 Å². The van der Waals surface area contributed by atoms with Crippen LogP contribution in [0.2, 0.25) is 0 Å². The van der Waals surface area contributed by atoms with Crippen molar-refractivity contribution in [2.45, 2.75) is 128 Å². The van der Waals surface area contributed by atoms with Gasteiger partial charge in [-0.15, -0.1) is 0 Å². The first-order chi connectivity index (χ1) is 26.2. The van der Waals surface area contributed by atoms with Crippen molar-refractivity contribution >= 4 is 55.5 Å². The van der Waals surface area contributed by atoms with Crippen LogP contribution < -0.4 is 9.91 Å². The zero-order chi connectivity index (χ0) is 38.3. The van der Waals surface area contributed by atoms with Crippen molar-refractivity contribution in [3.8, 4) is 11.4 Å². The first kappa shape index (κ1) is 40.8. The van der Waals surface area contributed by atoms with Crippen molar-refractivity contribution in [2.24, 2.45) is 10.1 Å². The summed E-state index contributed by atoms with van der Waals surface area (Å²) in [6.07, 6.45) is 20.1. The molecule has 10 nitrogen and oxygen atoms in total. The molecule has 54 heavy (non-hydrogen) atoms. The van der Waals surface area contributed by atoms with Crippen LogP contribution in [-0.2, 0) is 14.9 Å². The highest BCUT2D eigenvalue weighted by Crippen LogP contribution is 2.29. The molecule has 0 bridgehead atoms. The van der Waals surface area contributed by atoms with E-state index in [-0.39, 0.29) is 10.8 Å². The molecule has 11 heteroatoms. The van der Waals surface area contributed by atoms with Gasteiger partial charge in [0.1, 0.15) is 5.82 Å². The summed E-state index contributed by atoms with van der Waals surface area (Å²) in [7, 11) is -4.34. The van der Waals surface area contributed by atoms with E-state index in [2.05, 4.69) is 47.8 Å². The fraction of sp³-hybridized carbons (Fsp3) is 0.488. The number of carbonyl (C=O) groups is 1. The third-order valence-corrected chi connectivity index (χ3v) is 11.1. The van der Waals surface area contributed by atoms with Gasteiger partial charge in [0.25, 0.3) is 16.0 Å². The highest BCUT2D eigenvalue weighted by atomic mass is 32.2. The Morgan fingerprint density at radius 1 is 0.741 bits per heavy atom. The van der Waals surface area contributed by atoms with Crippen LogP contribution in [0.3, 0.4) is 0 Å². The molecule has 0 atom stereocenters. The largest absolute Gasteiger partial charge is 0.372 e. The van der Waals surface area contributed by atoms with Gasteiger partial charge in [-0.05, 0) is 93.4 Å². The van der Waals surface area contributed by atoms with Crippen molar-refractivity contribution in [1.82, 2.24) is 9.97 Å². The molecule has 0 spiro atoms. The topological polar surface area (TPSA) is 131 Å². The molecule has 1 aliphatic rings. The van der Waals surface area contributed by atoms with Crippen molar-refractivity contribution in [1.29, 1.82) is 0 Å². The Labute approximate surface area is 321 Å². The van der Waals surface area contributed by atoms with Crippen molar-refractivity contribution in [2.75, 3.05) is 23.0 Å². The highest BCUT2D eigenvalue weighted by Gasteiger charge is 2.32. The summed E-state index contributed by atoms with van der Waals surface area (Å²) in [6, 6.07) is 19.6. The second-order valence-corrected chi connectivity index (χ2v) is 15.7. The quantitative estimate of drug-likeness (QED) is 0.0572. The maximum atomic E-state index is 13.9. The van der Waals surface area contributed by atoms with Crippen molar-refractivity contribution in [3.63, 3.8) is 0 Å². The molecule has 0 aliphatic carbocycles. The van der Waals surface area contributed by atoms with E-state index < -0.39 is 10.1 Å². The Hall–Kier alpha value is -4.35. The number of hydrogen-bond acceptors (Lipinski definition) is 7. The molecule has 5 rings (SSSR count). The SMILES string of the molecule is CCCCCCCCCCCCCCCCCC1=NN(c2ccc(-c3nc4ccc(S(=O)(=O)O)cc4[nH]3)cc2)C(=O)C1=Nc1ccc(N(CC)CC)cc1. The molecule has 3 aromatic carbocycles. The predicted molar refractivity (Wildman–Crippen MR) is 223 cm³/mol. The Morgan fingerprint density at radius 2 is 1.31 bits per heavy atom. The molecule has 4 aromatic rings. The van der Waals surface area contributed by atoms with Crippen molar-refractivity contribution < 1.29 is 17.8 Å². The third-order valence-electron chi connectivity index (χ3n) is 10.3. The lowest BCUT2D eigenvalue weighted by Crippen LogP contribution is -2.27. The fourth-order valence-corrected chi connectivity index (χ4v) is 7.57. The van der Waals surface area contributed by atoms with E-state index in [4.69, 9.17) is 10.1 Å². The molecule has 1 aliphatic heterocycles. The Bertz CT molecular complexity index is 1970. The van der Waals surface area contributed by atoms with Crippen LogP contribution in [0, 0.1) is 0 Å². The lowest BCUT2D eigenvalue weighted by Gasteiger charge is -2.20. The molecule has 0 unspecified atom stereocenters. The van der Waals surface area contributed by atoms with Crippen LogP contribution in [0.4, 0.5) is 17.1 Å². The van der Waals surface area contributed by atoms with E-state index in [1.807, 2.05) is 36.4 Å². The van der Waals surface area contributed by atoms with E-state index in [0.29, 0.717) is 40.4 Å². The van der Waals surface area contributed by atoms with Gasteiger partial charge in [-0.3, -0.25) is 9.35 Å². The summed E-state index contributed by atoms with van der Waals surface area (Å²) in [5, 5.41) is 6.25. The number of carbonyl (C=O) groups excluding carboxylic acids is 1. The molecule has 2 N–H and O–H groups in total. The molecule has 1 amide bonds. The second-order valence-electron chi connectivity index (χ2n) is 14.3. The average Bonchev–Trinajstić information content (AvgIpc) is 3.74. The minimum atomic E-state index is -4.34. The van der Waals surface area contributed by atoms with Crippen LogP contribution >= 0.6 is 0 Å². The number of aliphatic imine (C=N–C) groups is 1. The van der Waals surface area contributed by atoms with Gasteiger partial charge in [0, 0.05) is 24.3 Å². The number of imidazole rings is 1. The van der Waals surface area contributed by atoms with Gasteiger partial charge in [0.15, 0.2) is 5.71 Å². The molecular formula is C43H58N6O4S. The van der Waals surface area contributed by atoms with E-state index in [1.54, 1.807) is 6.07 Å². The van der Waals surface area contributed by atoms with Crippen molar-refractivity contribution in [3.05, 3.63) is 66.7 Å². The van der Waals surface area contributed by atoms with Gasteiger partial charge >= 0.3 is 0 Å². The lowest BCUT2D eigenvalue weighted by molar-refractivity contribution is -0.112. The third kappa shape index (κ3) is 11.3. The van der Waals surface area contributed by atoms with Gasteiger partial charge in [-0.2, -0.15) is 18.5 Å². The van der Waals surface area contributed by atoms with Crippen LogP contribution in [-0.4, -0.2) is 53.4 Å². The van der Waals surface area contributed by atoms with Gasteiger partial charge in [-0.1, -0.05) is 96.8 Å². The molecule has 0 fully saturated rings. The summed E-state index contributed by atoms with van der Waals surface area (Å²) >= 11 is 0. The smallest absolute Gasteiger partial charge is 0.299 e. The van der Waals surface area contributed by atoms with Crippen LogP contribution in [0.25, 0.3) is 22.4 Å². The zero-order valence-corrected chi connectivity index (χ0v) is 33.2. The highest BCUT2D eigenvalue weighted by molar-refractivity contribution is 7.85. The van der Waals surface area contributed by atoms with Crippen LogP contribution in [0.5, 0.6) is 0 Å².